The highest BCUT2D eigenvalue weighted by molar-refractivity contribution is 5.03. The predicted octanol–water partition coefficient (Wildman–Crippen LogP) is 2.27. The van der Waals surface area contributed by atoms with Crippen molar-refractivity contribution in [3.8, 4) is 0 Å². The van der Waals surface area contributed by atoms with Gasteiger partial charge in [-0.15, -0.1) is 0 Å². The molecular weight excluding hydrogens is 236 g/mol. The second-order valence-electron chi connectivity index (χ2n) is 7.12. The van der Waals surface area contributed by atoms with E-state index in [4.69, 9.17) is 4.74 Å². The summed E-state index contributed by atoms with van der Waals surface area (Å²) in [6, 6.07) is 0.705. The van der Waals surface area contributed by atoms with E-state index < -0.39 is 0 Å². The maximum atomic E-state index is 5.84. The molecule has 2 saturated carbocycles. The molecule has 1 saturated heterocycles. The van der Waals surface area contributed by atoms with Crippen molar-refractivity contribution in [3.63, 3.8) is 0 Å². The first-order valence-electron chi connectivity index (χ1n) is 8.28. The molecule has 3 rings (SSSR count). The van der Waals surface area contributed by atoms with Gasteiger partial charge in [0.25, 0.3) is 0 Å². The molecule has 0 radical (unpaired) electrons. The van der Waals surface area contributed by atoms with Crippen LogP contribution < -0.4 is 5.32 Å². The summed E-state index contributed by atoms with van der Waals surface area (Å²) in [4.78, 5) is 2.68. The lowest BCUT2D eigenvalue weighted by atomic mass is 9.90. The fraction of sp³-hybridized carbons (Fsp3) is 1.00. The summed E-state index contributed by atoms with van der Waals surface area (Å²) < 4.78 is 5.84. The van der Waals surface area contributed by atoms with Crippen LogP contribution in [0.1, 0.15) is 46.0 Å². The molecule has 3 nitrogen and oxygen atoms in total. The zero-order chi connectivity index (χ0) is 13.3. The van der Waals surface area contributed by atoms with Crippen molar-refractivity contribution in [1.82, 2.24) is 10.2 Å². The minimum atomic E-state index is 0.363. The molecule has 2 aliphatic carbocycles. The molecule has 1 heterocycles. The first-order valence-corrected chi connectivity index (χ1v) is 8.28. The molecule has 19 heavy (non-hydrogen) atoms. The molecule has 1 aliphatic heterocycles. The molecule has 2 unspecified atom stereocenters. The maximum Gasteiger partial charge on any atom is 0.0593 e. The molecule has 0 spiro atoms. The zero-order valence-corrected chi connectivity index (χ0v) is 12.7. The molecule has 0 aromatic rings. The fourth-order valence-electron chi connectivity index (χ4n) is 3.46. The number of nitrogens with one attached hydrogen (secondary N) is 1. The lowest BCUT2D eigenvalue weighted by Crippen LogP contribution is -2.64. The Kier molecular flexibility index (Phi) is 4.16. The maximum absolute atomic E-state index is 5.84. The Hall–Kier alpha value is -0.120. The van der Waals surface area contributed by atoms with Crippen molar-refractivity contribution in [2.75, 3.05) is 32.8 Å². The standard InChI is InChI=1S/C16H30N2O/c1-3-15-10-17-16(2,14-6-7-14)12-18(15)8-9-19-11-13-4-5-13/h13-15,17H,3-12H2,1-2H3. The zero-order valence-electron chi connectivity index (χ0n) is 12.7. The summed E-state index contributed by atoms with van der Waals surface area (Å²) in [5.41, 5.74) is 0.363. The molecular formula is C16H30N2O. The van der Waals surface area contributed by atoms with E-state index in [9.17, 15) is 0 Å². The number of piperazine rings is 1. The van der Waals surface area contributed by atoms with Crippen LogP contribution in [0.5, 0.6) is 0 Å². The van der Waals surface area contributed by atoms with Crippen molar-refractivity contribution in [3.05, 3.63) is 0 Å². The van der Waals surface area contributed by atoms with Gasteiger partial charge in [0.1, 0.15) is 0 Å². The lowest BCUT2D eigenvalue weighted by Gasteiger charge is -2.46. The van der Waals surface area contributed by atoms with Crippen molar-refractivity contribution in [1.29, 1.82) is 0 Å². The molecule has 2 atom stereocenters. The molecule has 0 amide bonds. The molecule has 3 heteroatoms. The van der Waals surface area contributed by atoms with Crippen molar-refractivity contribution < 1.29 is 4.74 Å². The normalized spacial score (nSPS) is 36.6. The van der Waals surface area contributed by atoms with Crippen LogP contribution in [0.25, 0.3) is 0 Å². The van der Waals surface area contributed by atoms with Crippen LogP contribution >= 0.6 is 0 Å². The van der Waals surface area contributed by atoms with Crippen molar-refractivity contribution >= 4 is 0 Å². The fourth-order valence-corrected chi connectivity index (χ4v) is 3.46. The highest BCUT2D eigenvalue weighted by Crippen LogP contribution is 2.41. The summed E-state index contributed by atoms with van der Waals surface area (Å²) in [5, 5.41) is 3.82. The number of hydrogen-bond donors (Lipinski definition) is 1. The average Bonchev–Trinajstić information content (AvgIpc) is 3.28. The van der Waals surface area contributed by atoms with Crippen LogP contribution in [-0.2, 0) is 4.74 Å². The van der Waals surface area contributed by atoms with Gasteiger partial charge in [0.05, 0.1) is 6.61 Å². The van der Waals surface area contributed by atoms with Crippen LogP contribution in [0, 0.1) is 11.8 Å². The Bertz CT molecular complexity index is 301. The van der Waals surface area contributed by atoms with E-state index in [1.165, 1.54) is 38.6 Å². The highest BCUT2D eigenvalue weighted by atomic mass is 16.5. The predicted molar refractivity (Wildman–Crippen MR) is 78.3 cm³/mol. The van der Waals surface area contributed by atoms with Gasteiger partial charge in [0, 0.05) is 37.8 Å². The Morgan fingerprint density at radius 1 is 1.26 bits per heavy atom. The molecule has 0 aromatic heterocycles. The molecule has 1 N–H and O–H groups in total. The summed E-state index contributed by atoms with van der Waals surface area (Å²) in [6.45, 7) is 10.2. The van der Waals surface area contributed by atoms with Gasteiger partial charge in [-0.1, -0.05) is 6.92 Å². The van der Waals surface area contributed by atoms with Crippen LogP contribution in [0.3, 0.4) is 0 Å². The number of ether oxygens (including phenoxy) is 1. The van der Waals surface area contributed by atoms with Gasteiger partial charge < -0.3 is 10.1 Å². The Morgan fingerprint density at radius 2 is 2.05 bits per heavy atom. The highest BCUT2D eigenvalue weighted by Gasteiger charge is 2.45. The average molecular weight is 266 g/mol. The number of hydrogen-bond acceptors (Lipinski definition) is 3. The topological polar surface area (TPSA) is 24.5 Å². The molecule has 0 bridgehead atoms. The number of nitrogens with zero attached hydrogens (tertiary/aromatic N) is 1. The third-order valence-electron chi connectivity index (χ3n) is 5.31. The second-order valence-corrected chi connectivity index (χ2v) is 7.12. The summed E-state index contributed by atoms with van der Waals surface area (Å²) in [6.07, 6.45) is 6.88. The first-order chi connectivity index (χ1) is 9.21. The Balaban J connectivity index is 1.46. The van der Waals surface area contributed by atoms with E-state index in [0.717, 1.165) is 38.1 Å². The van der Waals surface area contributed by atoms with E-state index in [2.05, 4.69) is 24.1 Å². The van der Waals surface area contributed by atoms with Gasteiger partial charge in [-0.25, -0.2) is 0 Å². The van der Waals surface area contributed by atoms with Gasteiger partial charge in [-0.2, -0.15) is 0 Å². The van der Waals surface area contributed by atoms with Crippen molar-refractivity contribution in [2.24, 2.45) is 11.8 Å². The lowest BCUT2D eigenvalue weighted by molar-refractivity contribution is 0.0349. The third kappa shape index (κ3) is 3.50. The SMILES string of the molecule is CCC1CNC(C)(C2CC2)CN1CCOCC1CC1. The summed E-state index contributed by atoms with van der Waals surface area (Å²) >= 11 is 0. The molecule has 3 fully saturated rings. The monoisotopic (exact) mass is 266 g/mol. The minimum absolute atomic E-state index is 0.363. The van der Waals surface area contributed by atoms with Crippen LogP contribution in [0.15, 0.2) is 0 Å². The van der Waals surface area contributed by atoms with Crippen LogP contribution in [0.2, 0.25) is 0 Å². The van der Waals surface area contributed by atoms with E-state index in [-0.39, 0.29) is 0 Å². The third-order valence-corrected chi connectivity index (χ3v) is 5.31. The van der Waals surface area contributed by atoms with E-state index in [1.807, 2.05) is 0 Å². The van der Waals surface area contributed by atoms with E-state index >= 15 is 0 Å². The number of rotatable bonds is 7. The second kappa shape index (κ2) is 5.71. The van der Waals surface area contributed by atoms with Gasteiger partial charge >= 0.3 is 0 Å². The van der Waals surface area contributed by atoms with Gasteiger partial charge in [0.15, 0.2) is 0 Å². The Morgan fingerprint density at radius 3 is 2.68 bits per heavy atom. The smallest absolute Gasteiger partial charge is 0.0593 e. The molecule has 110 valence electrons. The van der Waals surface area contributed by atoms with Crippen LogP contribution in [-0.4, -0.2) is 49.3 Å². The largest absolute Gasteiger partial charge is 0.380 e. The van der Waals surface area contributed by atoms with E-state index in [1.54, 1.807) is 0 Å². The van der Waals surface area contributed by atoms with E-state index in [0.29, 0.717) is 11.6 Å². The first kappa shape index (κ1) is 13.8. The summed E-state index contributed by atoms with van der Waals surface area (Å²) in [5.74, 6) is 1.81. The minimum Gasteiger partial charge on any atom is -0.380 e. The van der Waals surface area contributed by atoms with Crippen LogP contribution in [0.4, 0.5) is 0 Å². The quantitative estimate of drug-likeness (QED) is 0.715. The summed E-state index contributed by atoms with van der Waals surface area (Å²) in [7, 11) is 0. The Labute approximate surface area is 118 Å². The molecule has 3 aliphatic rings. The van der Waals surface area contributed by atoms with Gasteiger partial charge in [-0.05, 0) is 50.9 Å². The van der Waals surface area contributed by atoms with Gasteiger partial charge in [-0.3, -0.25) is 4.90 Å². The van der Waals surface area contributed by atoms with Crippen molar-refractivity contribution in [2.45, 2.75) is 57.5 Å². The molecule has 0 aromatic carbocycles. The van der Waals surface area contributed by atoms with Gasteiger partial charge in [0.2, 0.25) is 0 Å².